The largest absolute Gasteiger partial charge is 0.317 e. The lowest BCUT2D eigenvalue weighted by molar-refractivity contribution is 0.488. The highest BCUT2D eigenvalue weighted by atomic mass is 15.6. The molecule has 0 amide bonds. The molecule has 0 bridgehead atoms. The van der Waals surface area contributed by atoms with Gasteiger partial charge in [-0.3, -0.25) is 0 Å². The molecule has 1 N–H and O–H groups in total. The number of tetrazole rings is 1. The molecule has 1 heterocycles. The molecule has 0 aromatic carbocycles. The van der Waals surface area contributed by atoms with Gasteiger partial charge in [0, 0.05) is 12.5 Å². The normalized spacial score (nSPS) is 13.1. The van der Waals surface area contributed by atoms with Crippen LogP contribution in [0.5, 0.6) is 0 Å². The lowest BCUT2D eigenvalue weighted by atomic mass is 10.1. The first-order valence-corrected chi connectivity index (χ1v) is 5.16. The van der Waals surface area contributed by atoms with E-state index in [9.17, 15) is 0 Å². The Morgan fingerprint density at radius 2 is 2.29 bits per heavy atom. The van der Waals surface area contributed by atoms with Crippen molar-refractivity contribution in [3.8, 4) is 0 Å². The highest BCUT2D eigenvalue weighted by molar-refractivity contribution is 4.77. The minimum absolute atomic E-state index is 0.617. The molecule has 80 valence electrons. The maximum Gasteiger partial charge on any atom is 0.174 e. The summed E-state index contributed by atoms with van der Waals surface area (Å²) in [5.74, 6) is 0.846. The number of aromatic nitrogens is 4. The van der Waals surface area contributed by atoms with Gasteiger partial charge in [0.2, 0.25) is 0 Å². The number of nitrogens with zero attached hydrogens (tertiary/aromatic N) is 4. The third kappa shape index (κ3) is 3.41. The first kappa shape index (κ1) is 11.1. The lowest BCUT2D eigenvalue weighted by Crippen LogP contribution is -2.24. The van der Waals surface area contributed by atoms with Crippen molar-refractivity contribution < 1.29 is 0 Å². The summed E-state index contributed by atoms with van der Waals surface area (Å²) in [4.78, 5) is 1.50. The van der Waals surface area contributed by atoms with Gasteiger partial charge in [-0.15, -0.1) is 10.2 Å². The first-order chi connectivity index (χ1) is 6.76. The molecular formula is C9H19N5. The standard InChI is InChI=1S/C9H19N5/c1-4-8(10-2)6-5-7-9-11-13-14(3)12-9/h8,10H,4-7H2,1-3H3. The van der Waals surface area contributed by atoms with E-state index in [0.29, 0.717) is 6.04 Å². The fourth-order valence-corrected chi connectivity index (χ4v) is 1.48. The summed E-state index contributed by atoms with van der Waals surface area (Å²) in [5, 5.41) is 15.2. The third-order valence-electron chi connectivity index (χ3n) is 2.40. The molecule has 1 atom stereocenters. The average Bonchev–Trinajstić information content (AvgIpc) is 2.59. The van der Waals surface area contributed by atoms with Gasteiger partial charge in [-0.25, -0.2) is 0 Å². The van der Waals surface area contributed by atoms with Gasteiger partial charge in [0.25, 0.3) is 0 Å². The van der Waals surface area contributed by atoms with Crippen molar-refractivity contribution in [1.82, 2.24) is 25.5 Å². The molecule has 0 saturated carbocycles. The van der Waals surface area contributed by atoms with Crippen molar-refractivity contribution in [1.29, 1.82) is 0 Å². The number of hydrogen-bond donors (Lipinski definition) is 1. The minimum Gasteiger partial charge on any atom is -0.317 e. The molecule has 1 rings (SSSR count). The molecule has 0 aliphatic carbocycles. The molecule has 0 saturated heterocycles. The Morgan fingerprint density at radius 1 is 1.50 bits per heavy atom. The Labute approximate surface area is 84.9 Å². The van der Waals surface area contributed by atoms with Crippen LogP contribution >= 0.6 is 0 Å². The van der Waals surface area contributed by atoms with E-state index in [1.54, 1.807) is 7.05 Å². The molecule has 1 aromatic heterocycles. The van der Waals surface area contributed by atoms with Gasteiger partial charge in [-0.1, -0.05) is 6.92 Å². The van der Waals surface area contributed by atoms with E-state index in [1.807, 2.05) is 7.05 Å². The number of nitrogens with one attached hydrogen (secondary N) is 1. The van der Waals surface area contributed by atoms with Crippen LogP contribution in [0.25, 0.3) is 0 Å². The highest BCUT2D eigenvalue weighted by Crippen LogP contribution is 2.04. The SMILES string of the molecule is CCC(CCCc1nnn(C)n1)NC. The van der Waals surface area contributed by atoms with E-state index >= 15 is 0 Å². The molecule has 0 aliphatic rings. The second kappa shape index (κ2) is 5.70. The highest BCUT2D eigenvalue weighted by Gasteiger charge is 2.04. The maximum absolute atomic E-state index is 4.13. The Balaban J connectivity index is 2.21. The summed E-state index contributed by atoms with van der Waals surface area (Å²) in [5.41, 5.74) is 0. The monoisotopic (exact) mass is 197 g/mol. The second-order valence-electron chi connectivity index (χ2n) is 3.48. The molecule has 5 nitrogen and oxygen atoms in total. The van der Waals surface area contributed by atoms with Gasteiger partial charge < -0.3 is 5.32 Å². The van der Waals surface area contributed by atoms with Crippen LogP contribution in [0.2, 0.25) is 0 Å². The summed E-state index contributed by atoms with van der Waals surface area (Å²) >= 11 is 0. The molecular weight excluding hydrogens is 178 g/mol. The summed E-state index contributed by atoms with van der Waals surface area (Å²) in [6.45, 7) is 2.20. The Morgan fingerprint density at radius 3 is 2.79 bits per heavy atom. The number of aryl methyl sites for hydroxylation is 2. The fraction of sp³-hybridized carbons (Fsp3) is 0.889. The lowest BCUT2D eigenvalue weighted by Gasteiger charge is -2.11. The van der Waals surface area contributed by atoms with Crippen LogP contribution in [0.15, 0.2) is 0 Å². The van der Waals surface area contributed by atoms with Crippen molar-refractivity contribution in [2.45, 2.75) is 38.6 Å². The number of rotatable bonds is 6. The maximum atomic E-state index is 4.13. The summed E-state index contributed by atoms with van der Waals surface area (Å²) in [7, 11) is 3.80. The van der Waals surface area contributed by atoms with Crippen molar-refractivity contribution in [2.24, 2.45) is 7.05 Å². The van der Waals surface area contributed by atoms with Gasteiger partial charge in [0.15, 0.2) is 5.82 Å². The van der Waals surface area contributed by atoms with Gasteiger partial charge in [-0.05, 0) is 31.5 Å². The Bertz CT molecular complexity index is 253. The predicted molar refractivity (Wildman–Crippen MR) is 54.9 cm³/mol. The van der Waals surface area contributed by atoms with Gasteiger partial charge in [0.1, 0.15) is 0 Å². The predicted octanol–water partition coefficient (Wildman–Crippen LogP) is 0.531. The van der Waals surface area contributed by atoms with E-state index in [1.165, 1.54) is 17.6 Å². The minimum atomic E-state index is 0.617. The van der Waals surface area contributed by atoms with Crippen molar-refractivity contribution >= 4 is 0 Å². The molecule has 1 unspecified atom stereocenters. The van der Waals surface area contributed by atoms with E-state index < -0.39 is 0 Å². The van der Waals surface area contributed by atoms with Crippen LogP contribution in [0.4, 0.5) is 0 Å². The van der Waals surface area contributed by atoms with Crippen molar-refractivity contribution in [3.63, 3.8) is 0 Å². The quantitative estimate of drug-likeness (QED) is 0.723. The Hall–Kier alpha value is -0.970. The Kier molecular flexibility index (Phi) is 4.52. The summed E-state index contributed by atoms with van der Waals surface area (Å²) in [6.07, 6.45) is 4.38. The van der Waals surface area contributed by atoms with E-state index in [-0.39, 0.29) is 0 Å². The van der Waals surface area contributed by atoms with E-state index in [0.717, 1.165) is 18.7 Å². The second-order valence-corrected chi connectivity index (χ2v) is 3.48. The molecule has 1 aromatic rings. The zero-order chi connectivity index (χ0) is 10.4. The van der Waals surface area contributed by atoms with Crippen LogP contribution in [0.1, 0.15) is 32.0 Å². The third-order valence-corrected chi connectivity index (χ3v) is 2.40. The first-order valence-electron chi connectivity index (χ1n) is 5.16. The van der Waals surface area contributed by atoms with Crippen LogP contribution < -0.4 is 5.32 Å². The molecule has 5 heteroatoms. The van der Waals surface area contributed by atoms with Crippen LogP contribution in [0.3, 0.4) is 0 Å². The molecule has 0 aliphatic heterocycles. The van der Waals surface area contributed by atoms with Crippen molar-refractivity contribution in [2.75, 3.05) is 7.05 Å². The van der Waals surface area contributed by atoms with Crippen LogP contribution in [-0.2, 0) is 13.5 Å². The topological polar surface area (TPSA) is 55.6 Å². The molecule has 0 spiro atoms. The van der Waals surface area contributed by atoms with Gasteiger partial charge in [0.05, 0.1) is 7.05 Å². The van der Waals surface area contributed by atoms with E-state index in [2.05, 4.69) is 27.7 Å². The summed E-state index contributed by atoms with van der Waals surface area (Å²) in [6, 6.07) is 0.617. The van der Waals surface area contributed by atoms with Gasteiger partial charge in [-0.2, -0.15) is 4.80 Å². The smallest absolute Gasteiger partial charge is 0.174 e. The average molecular weight is 197 g/mol. The van der Waals surface area contributed by atoms with E-state index in [4.69, 9.17) is 0 Å². The van der Waals surface area contributed by atoms with Crippen molar-refractivity contribution in [3.05, 3.63) is 5.82 Å². The van der Waals surface area contributed by atoms with Gasteiger partial charge >= 0.3 is 0 Å². The van der Waals surface area contributed by atoms with Crippen LogP contribution in [-0.4, -0.2) is 33.3 Å². The molecule has 14 heavy (non-hydrogen) atoms. The number of hydrogen-bond acceptors (Lipinski definition) is 4. The molecule has 0 fully saturated rings. The zero-order valence-electron chi connectivity index (χ0n) is 9.19. The van der Waals surface area contributed by atoms with Crippen LogP contribution in [0, 0.1) is 0 Å². The zero-order valence-corrected chi connectivity index (χ0v) is 9.19. The summed E-state index contributed by atoms with van der Waals surface area (Å²) < 4.78 is 0. The molecule has 0 radical (unpaired) electrons. The fourth-order valence-electron chi connectivity index (χ4n) is 1.48.